The third-order valence-corrected chi connectivity index (χ3v) is 5.83. The number of methoxy groups -OCH3 is 1. The van der Waals surface area contributed by atoms with Gasteiger partial charge in [0, 0.05) is 11.5 Å². The number of urea groups is 1. The molecule has 0 saturated heterocycles. The van der Waals surface area contributed by atoms with Crippen LogP contribution >= 0.6 is 0 Å². The van der Waals surface area contributed by atoms with Crippen LogP contribution in [0.3, 0.4) is 0 Å². The molecule has 4 aliphatic carbocycles. The number of rotatable bonds is 4. The lowest BCUT2D eigenvalue weighted by molar-refractivity contribution is -0.154. The van der Waals surface area contributed by atoms with E-state index in [1.165, 1.54) is 26.4 Å². The number of nitrogens with one attached hydrogen (secondary N) is 2. The third kappa shape index (κ3) is 2.82. The summed E-state index contributed by atoms with van der Waals surface area (Å²) in [4.78, 5) is 24.5. The van der Waals surface area contributed by atoms with E-state index in [-0.39, 0.29) is 23.5 Å². The molecule has 0 radical (unpaired) electrons. The van der Waals surface area contributed by atoms with E-state index in [4.69, 9.17) is 4.74 Å². The summed E-state index contributed by atoms with van der Waals surface area (Å²) in [6.45, 7) is 3.83. The number of ether oxygens (including phenoxy) is 1. The summed E-state index contributed by atoms with van der Waals surface area (Å²) in [5.74, 6) is 1.90. The molecule has 2 N–H and O–H groups in total. The van der Waals surface area contributed by atoms with Gasteiger partial charge < -0.3 is 15.4 Å². The van der Waals surface area contributed by atoms with E-state index in [1.807, 2.05) is 13.8 Å². The monoisotopic (exact) mass is 308 g/mol. The van der Waals surface area contributed by atoms with Gasteiger partial charge in [0.25, 0.3) is 0 Å². The molecule has 0 spiro atoms. The standard InChI is InChI=1S/C17H28N2O3/c1-10(2)18-16(21)19-14(15(20)22-3)17-7-11-4-12(8-17)6-13(5-11)9-17/h10-14H,4-9H2,1-3H3,(H2,18,19,21)/t11?,12?,13?,14-,17?/m0/s1. The highest BCUT2D eigenvalue weighted by Gasteiger charge is 2.56. The summed E-state index contributed by atoms with van der Waals surface area (Å²) in [6.07, 6.45) is 7.10. The Morgan fingerprint density at radius 2 is 1.50 bits per heavy atom. The van der Waals surface area contributed by atoms with Gasteiger partial charge >= 0.3 is 12.0 Å². The first-order chi connectivity index (χ1) is 10.4. The van der Waals surface area contributed by atoms with Crippen LogP contribution in [-0.4, -0.2) is 31.2 Å². The number of carbonyl (C=O) groups excluding carboxylic acids is 2. The van der Waals surface area contributed by atoms with Crippen LogP contribution in [0.25, 0.3) is 0 Å². The SMILES string of the molecule is COC(=O)[C@H](NC(=O)NC(C)C)C12CC3CC(CC(C3)C1)C2. The fraction of sp³-hybridized carbons (Fsp3) is 0.882. The summed E-state index contributed by atoms with van der Waals surface area (Å²) in [5.41, 5.74) is -0.0871. The molecule has 4 fully saturated rings. The van der Waals surface area contributed by atoms with Gasteiger partial charge in [-0.05, 0) is 70.1 Å². The van der Waals surface area contributed by atoms with Gasteiger partial charge in [-0.3, -0.25) is 0 Å². The molecule has 1 atom stereocenters. The molecule has 0 aromatic rings. The quantitative estimate of drug-likeness (QED) is 0.784. The van der Waals surface area contributed by atoms with Gasteiger partial charge in [-0.2, -0.15) is 0 Å². The van der Waals surface area contributed by atoms with Crippen molar-refractivity contribution in [2.75, 3.05) is 7.11 Å². The Labute approximate surface area is 132 Å². The van der Waals surface area contributed by atoms with E-state index in [2.05, 4.69) is 10.6 Å². The molecule has 0 aliphatic heterocycles. The highest BCUT2D eigenvalue weighted by atomic mass is 16.5. The molecule has 4 saturated carbocycles. The van der Waals surface area contributed by atoms with Crippen molar-refractivity contribution in [2.45, 2.75) is 64.5 Å². The second-order valence-corrected chi connectivity index (χ2v) is 8.01. The van der Waals surface area contributed by atoms with E-state index >= 15 is 0 Å². The zero-order chi connectivity index (χ0) is 15.9. The molecular formula is C17H28N2O3. The fourth-order valence-corrected chi connectivity index (χ4v) is 5.55. The van der Waals surface area contributed by atoms with Crippen LogP contribution in [0.5, 0.6) is 0 Å². The Bertz CT molecular complexity index is 426. The third-order valence-electron chi connectivity index (χ3n) is 5.83. The first-order valence-electron chi connectivity index (χ1n) is 8.56. The molecule has 2 amide bonds. The van der Waals surface area contributed by atoms with E-state index in [1.54, 1.807) is 0 Å². The van der Waals surface area contributed by atoms with Gasteiger partial charge in [0.1, 0.15) is 6.04 Å². The van der Waals surface area contributed by atoms with E-state index in [0.717, 1.165) is 37.0 Å². The lowest BCUT2D eigenvalue weighted by Crippen LogP contribution is -2.61. The van der Waals surface area contributed by atoms with Gasteiger partial charge in [-0.1, -0.05) is 0 Å². The van der Waals surface area contributed by atoms with Crippen molar-refractivity contribution in [3.63, 3.8) is 0 Å². The number of hydrogen-bond donors (Lipinski definition) is 2. The second-order valence-electron chi connectivity index (χ2n) is 8.01. The molecule has 0 aromatic carbocycles. The molecule has 0 heterocycles. The van der Waals surface area contributed by atoms with E-state index in [0.29, 0.717) is 0 Å². The smallest absolute Gasteiger partial charge is 0.329 e. The number of esters is 1. The number of hydrogen-bond acceptors (Lipinski definition) is 3. The minimum Gasteiger partial charge on any atom is -0.467 e. The summed E-state index contributed by atoms with van der Waals surface area (Å²) in [6, 6.07) is -0.722. The fourth-order valence-electron chi connectivity index (χ4n) is 5.55. The highest BCUT2D eigenvalue weighted by Crippen LogP contribution is 2.61. The van der Waals surface area contributed by atoms with Crippen LogP contribution in [0.4, 0.5) is 4.79 Å². The van der Waals surface area contributed by atoms with E-state index in [9.17, 15) is 9.59 Å². The maximum Gasteiger partial charge on any atom is 0.329 e. The normalized spacial score (nSPS) is 37.0. The van der Waals surface area contributed by atoms with Crippen molar-refractivity contribution < 1.29 is 14.3 Å². The molecule has 4 aliphatic rings. The maximum absolute atomic E-state index is 12.4. The van der Waals surface area contributed by atoms with Crippen LogP contribution in [-0.2, 0) is 9.53 Å². The highest BCUT2D eigenvalue weighted by molar-refractivity contribution is 5.84. The predicted molar refractivity (Wildman–Crippen MR) is 83.2 cm³/mol. The van der Waals surface area contributed by atoms with Gasteiger partial charge in [0.15, 0.2) is 0 Å². The summed E-state index contributed by atoms with van der Waals surface area (Å²) in [5, 5.41) is 5.76. The Hall–Kier alpha value is -1.26. The Morgan fingerprint density at radius 1 is 1.00 bits per heavy atom. The summed E-state index contributed by atoms with van der Waals surface area (Å²) >= 11 is 0. The predicted octanol–water partition coefficient (Wildman–Crippen LogP) is 2.45. The van der Waals surface area contributed by atoms with Crippen LogP contribution < -0.4 is 10.6 Å². The van der Waals surface area contributed by atoms with Crippen molar-refractivity contribution in [1.82, 2.24) is 10.6 Å². The lowest BCUT2D eigenvalue weighted by Gasteiger charge is -2.58. The lowest BCUT2D eigenvalue weighted by atomic mass is 9.47. The zero-order valence-electron chi connectivity index (χ0n) is 13.9. The zero-order valence-corrected chi connectivity index (χ0v) is 13.9. The molecule has 0 aromatic heterocycles. The Morgan fingerprint density at radius 3 is 1.91 bits per heavy atom. The Balaban J connectivity index is 1.80. The molecule has 5 heteroatoms. The van der Waals surface area contributed by atoms with Crippen LogP contribution in [0.15, 0.2) is 0 Å². The minimum atomic E-state index is -0.510. The van der Waals surface area contributed by atoms with Crippen molar-refractivity contribution in [3.05, 3.63) is 0 Å². The molecule has 4 rings (SSSR count). The van der Waals surface area contributed by atoms with Gasteiger partial charge in [-0.15, -0.1) is 0 Å². The first kappa shape index (κ1) is 15.6. The molecule has 5 nitrogen and oxygen atoms in total. The van der Waals surface area contributed by atoms with Crippen molar-refractivity contribution >= 4 is 12.0 Å². The van der Waals surface area contributed by atoms with Gasteiger partial charge in [0.2, 0.25) is 0 Å². The van der Waals surface area contributed by atoms with Crippen molar-refractivity contribution in [1.29, 1.82) is 0 Å². The molecule has 0 unspecified atom stereocenters. The summed E-state index contributed by atoms with van der Waals surface area (Å²) < 4.78 is 5.03. The first-order valence-corrected chi connectivity index (χ1v) is 8.56. The molecule has 4 bridgehead atoms. The van der Waals surface area contributed by atoms with Crippen LogP contribution in [0.2, 0.25) is 0 Å². The number of amides is 2. The summed E-state index contributed by atoms with van der Waals surface area (Å²) in [7, 11) is 1.41. The minimum absolute atomic E-state index is 0.0506. The van der Waals surface area contributed by atoms with Gasteiger partial charge in [-0.25, -0.2) is 9.59 Å². The van der Waals surface area contributed by atoms with E-state index < -0.39 is 6.04 Å². The van der Waals surface area contributed by atoms with Crippen LogP contribution in [0, 0.1) is 23.2 Å². The van der Waals surface area contributed by atoms with Crippen molar-refractivity contribution in [3.8, 4) is 0 Å². The average Bonchev–Trinajstić information content (AvgIpc) is 2.41. The van der Waals surface area contributed by atoms with Gasteiger partial charge in [0.05, 0.1) is 7.11 Å². The average molecular weight is 308 g/mol. The van der Waals surface area contributed by atoms with Crippen molar-refractivity contribution in [2.24, 2.45) is 23.2 Å². The second kappa shape index (κ2) is 5.74. The largest absolute Gasteiger partial charge is 0.467 e. The molecule has 124 valence electrons. The molecular weight excluding hydrogens is 280 g/mol. The van der Waals surface area contributed by atoms with Crippen LogP contribution in [0.1, 0.15) is 52.4 Å². The topological polar surface area (TPSA) is 67.4 Å². The number of carbonyl (C=O) groups is 2. The maximum atomic E-state index is 12.4. The molecule has 22 heavy (non-hydrogen) atoms. The Kier molecular flexibility index (Phi) is 4.08.